The fourth-order valence-corrected chi connectivity index (χ4v) is 2.74. The van der Waals surface area contributed by atoms with Crippen LogP contribution in [0.5, 0.6) is 11.5 Å². The molecule has 0 fully saturated rings. The van der Waals surface area contributed by atoms with Crippen molar-refractivity contribution in [3.8, 4) is 11.5 Å². The zero-order chi connectivity index (χ0) is 25.3. The molecule has 2 aromatic rings. The van der Waals surface area contributed by atoms with Gasteiger partial charge in [0.2, 0.25) is 0 Å². The van der Waals surface area contributed by atoms with Crippen molar-refractivity contribution in [3.63, 3.8) is 0 Å². The molecule has 0 amide bonds. The molecule has 0 aliphatic carbocycles. The molecule has 184 valence electrons. The Kier molecular flexibility index (Phi) is 13.6. The standard InChI is InChI=1S/C19H18F6NO3.CH2O3.K/c1-3-4-13-11-14(5-6-16(13)29-15-7-9-26-10-8-15)17(18(20,21)22,19(23,24)25)28-12-27-2;2-1(3)4;/h5-9,11H,3-4,12H2,1-2H3;(H2,2,3,4);/q-1;;+1. The number of halogens is 6. The Labute approximate surface area is 233 Å². The molecule has 1 aromatic heterocycles. The molecular formula is C20H20F6KNO6. The average Bonchev–Trinajstić information content (AvgIpc) is 2.69. The summed E-state index contributed by atoms with van der Waals surface area (Å²) in [5, 5.41) is 13.9. The molecular weight excluding hydrogens is 503 g/mol. The third-order valence-corrected chi connectivity index (χ3v) is 4.00. The van der Waals surface area contributed by atoms with E-state index in [1.54, 1.807) is 6.92 Å². The maximum absolute atomic E-state index is 13.7. The minimum absolute atomic E-state index is 0. The number of nitrogens with zero attached hydrogens (tertiary/aromatic N) is 1. The zero-order valence-corrected chi connectivity index (χ0v) is 21.5. The molecule has 0 atom stereocenters. The average molecular weight is 523 g/mol. The molecule has 1 heterocycles. The number of carboxylic acid groups (broad SMARTS) is 2. The first-order chi connectivity index (χ1) is 15.3. The van der Waals surface area contributed by atoms with Crippen LogP contribution in [-0.4, -0.2) is 47.6 Å². The molecule has 0 aliphatic rings. The molecule has 7 nitrogen and oxygen atoms in total. The van der Waals surface area contributed by atoms with Crippen LogP contribution in [-0.2, 0) is 21.5 Å². The van der Waals surface area contributed by atoms with Crippen molar-refractivity contribution < 1.29 is 107 Å². The van der Waals surface area contributed by atoms with Crippen molar-refractivity contribution in [2.24, 2.45) is 0 Å². The molecule has 34 heavy (non-hydrogen) atoms. The number of ether oxygens (including phenoxy) is 3. The normalized spacial score (nSPS) is 11.6. The Hall–Kier alpha value is -1.42. The Morgan fingerprint density at radius 1 is 1.09 bits per heavy atom. The van der Waals surface area contributed by atoms with Gasteiger partial charge in [-0.2, -0.15) is 26.3 Å². The smallest absolute Gasteiger partial charge is 0.516 e. The van der Waals surface area contributed by atoms with Crippen LogP contribution in [0, 0.1) is 6.20 Å². The number of hydrogen-bond acceptors (Lipinski definition) is 5. The predicted octanol–water partition coefficient (Wildman–Crippen LogP) is 2.79. The van der Waals surface area contributed by atoms with Crippen LogP contribution >= 0.6 is 0 Å². The van der Waals surface area contributed by atoms with Crippen LogP contribution in [0.2, 0.25) is 0 Å². The molecule has 2 N–H and O–H groups in total. The van der Waals surface area contributed by atoms with E-state index in [2.05, 4.69) is 20.7 Å². The van der Waals surface area contributed by atoms with Gasteiger partial charge in [0, 0.05) is 18.4 Å². The summed E-state index contributed by atoms with van der Waals surface area (Å²) < 4.78 is 96.4. The number of benzene rings is 1. The van der Waals surface area contributed by atoms with E-state index in [4.69, 9.17) is 19.7 Å². The molecule has 0 radical (unpaired) electrons. The maximum atomic E-state index is 13.7. The monoisotopic (exact) mass is 523 g/mol. The summed E-state index contributed by atoms with van der Waals surface area (Å²) in [6.07, 6.45) is -8.83. The van der Waals surface area contributed by atoms with Crippen LogP contribution in [0.3, 0.4) is 0 Å². The van der Waals surface area contributed by atoms with Crippen LogP contribution in [0.15, 0.2) is 36.5 Å². The van der Waals surface area contributed by atoms with E-state index in [0.717, 1.165) is 19.2 Å². The summed E-state index contributed by atoms with van der Waals surface area (Å²) in [6.45, 7) is 0.534. The summed E-state index contributed by atoms with van der Waals surface area (Å²) in [4.78, 5) is 12.2. The van der Waals surface area contributed by atoms with Gasteiger partial charge < -0.3 is 29.4 Å². The van der Waals surface area contributed by atoms with Gasteiger partial charge in [0.25, 0.3) is 5.60 Å². The quantitative estimate of drug-likeness (QED) is 0.238. The van der Waals surface area contributed by atoms with Crippen molar-refractivity contribution in [3.05, 3.63) is 53.9 Å². The van der Waals surface area contributed by atoms with Crippen molar-refractivity contribution in [2.75, 3.05) is 13.9 Å². The van der Waals surface area contributed by atoms with Crippen molar-refractivity contribution in [2.45, 2.75) is 37.7 Å². The third kappa shape index (κ3) is 8.66. The fraction of sp³-hybridized carbons (Fsp3) is 0.400. The summed E-state index contributed by atoms with van der Waals surface area (Å²) in [5.74, 6) is 0.416. The SMILES string of the molecule is CCCc1cc(C(OCOC)(C(F)(F)F)C(F)(F)F)ccc1Oc1c[c-]ncc1.O=C(O)O.[K+]. The Morgan fingerprint density at radius 2 is 1.68 bits per heavy atom. The second kappa shape index (κ2) is 14.2. The Morgan fingerprint density at radius 3 is 2.12 bits per heavy atom. The maximum Gasteiger partial charge on any atom is 1.00 e. The molecule has 0 spiro atoms. The van der Waals surface area contributed by atoms with Crippen LogP contribution < -0.4 is 56.1 Å². The van der Waals surface area contributed by atoms with Gasteiger partial charge in [0.1, 0.15) is 12.5 Å². The first-order valence-corrected chi connectivity index (χ1v) is 9.11. The molecule has 0 saturated carbocycles. The van der Waals surface area contributed by atoms with Crippen LogP contribution in [0.1, 0.15) is 24.5 Å². The van der Waals surface area contributed by atoms with Crippen LogP contribution in [0.25, 0.3) is 0 Å². The Bertz CT molecular complexity index is 877. The van der Waals surface area contributed by atoms with E-state index < -0.39 is 36.5 Å². The first kappa shape index (κ1) is 32.6. The first-order valence-electron chi connectivity index (χ1n) is 9.11. The number of rotatable bonds is 8. The number of hydrogen-bond donors (Lipinski definition) is 2. The van der Waals surface area contributed by atoms with E-state index in [1.807, 2.05) is 0 Å². The van der Waals surface area contributed by atoms with E-state index >= 15 is 0 Å². The van der Waals surface area contributed by atoms with Gasteiger partial charge in [-0.1, -0.05) is 31.8 Å². The van der Waals surface area contributed by atoms with Crippen molar-refractivity contribution in [1.82, 2.24) is 4.98 Å². The summed E-state index contributed by atoms with van der Waals surface area (Å²) in [5.41, 5.74) is -5.48. The van der Waals surface area contributed by atoms with Crippen LogP contribution in [0.4, 0.5) is 31.1 Å². The largest absolute Gasteiger partial charge is 1.00 e. The summed E-state index contributed by atoms with van der Waals surface area (Å²) in [6, 6.07) is 5.43. The summed E-state index contributed by atoms with van der Waals surface area (Å²) >= 11 is 0. The number of aryl methyl sites for hydroxylation is 1. The predicted molar refractivity (Wildman–Crippen MR) is 101 cm³/mol. The minimum Gasteiger partial charge on any atom is -0.516 e. The molecule has 0 bridgehead atoms. The second-order valence-corrected chi connectivity index (χ2v) is 6.31. The number of alkyl halides is 6. The van der Waals surface area contributed by atoms with Crippen molar-refractivity contribution >= 4 is 6.16 Å². The second-order valence-electron chi connectivity index (χ2n) is 6.31. The van der Waals surface area contributed by atoms with Gasteiger partial charge in [0.15, 0.2) is 0 Å². The molecule has 2 rings (SSSR count). The van der Waals surface area contributed by atoms with Gasteiger partial charge in [-0.05, 0) is 24.1 Å². The number of carbonyl (C=O) groups is 1. The molecule has 0 aliphatic heterocycles. The van der Waals surface area contributed by atoms with E-state index in [-0.39, 0.29) is 69.1 Å². The van der Waals surface area contributed by atoms with Gasteiger partial charge in [-0.15, -0.1) is 12.1 Å². The number of methoxy groups -OCH3 is 1. The molecule has 0 saturated heterocycles. The van der Waals surface area contributed by atoms with Gasteiger partial charge in [-0.3, -0.25) is 0 Å². The van der Waals surface area contributed by atoms with E-state index in [9.17, 15) is 26.3 Å². The minimum atomic E-state index is -5.78. The number of aromatic nitrogens is 1. The summed E-state index contributed by atoms with van der Waals surface area (Å²) in [7, 11) is 0.933. The molecule has 0 unspecified atom stereocenters. The zero-order valence-electron chi connectivity index (χ0n) is 18.3. The van der Waals surface area contributed by atoms with E-state index in [0.29, 0.717) is 18.2 Å². The number of pyridine rings is 1. The molecule has 14 heteroatoms. The van der Waals surface area contributed by atoms with Gasteiger partial charge in [0.05, 0.1) is 0 Å². The van der Waals surface area contributed by atoms with E-state index in [1.165, 1.54) is 18.3 Å². The van der Waals surface area contributed by atoms with Crippen molar-refractivity contribution in [1.29, 1.82) is 0 Å². The van der Waals surface area contributed by atoms with Gasteiger partial charge in [-0.25, -0.2) is 4.79 Å². The third-order valence-electron chi connectivity index (χ3n) is 4.00. The Balaban J connectivity index is 0.00000201. The molecule has 1 aromatic carbocycles. The topological polar surface area (TPSA) is 98.1 Å². The van der Waals surface area contributed by atoms with Gasteiger partial charge >= 0.3 is 69.9 Å². The fourth-order valence-electron chi connectivity index (χ4n) is 2.74.